The zero-order valence-corrected chi connectivity index (χ0v) is 8.27. The summed E-state index contributed by atoms with van der Waals surface area (Å²) in [5.74, 6) is 0. The molecule has 1 atom stereocenters. The van der Waals surface area contributed by atoms with Crippen molar-refractivity contribution in [3.8, 4) is 11.1 Å². The van der Waals surface area contributed by atoms with Crippen molar-refractivity contribution in [1.29, 1.82) is 0 Å². The molecule has 2 heteroatoms. The molecule has 1 aliphatic rings. The van der Waals surface area contributed by atoms with Crippen molar-refractivity contribution in [2.24, 2.45) is 5.73 Å². The number of anilines is 1. The van der Waals surface area contributed by atoms with Gasteiger partial charge in [-0.2, -0.15) is 0 Å². The number of rotatable bonds is 0. The first-order chi connectivity index (χ1) is 7.27. The molecule has 0 saturated carbocycles. The summed E-state index contributed by atoms with van der Waals surface area (Å²) < 4.78 is 0. The summed E-state index contributed by atoms with van der Waals surface area (Å²) in [6, 6.07) is 14.2. The fourth-order valence-corrected chi connectivity index (χ4v) is 2.26. The Morgan fingerprint density at radius 1 is 0.867 bits per heavy atom. The zero-order chi connectivity index (χ0) is 10.4. The highest BCUT2D eigenvalue weighted by molar-refractivity contribution is 5.79. The molecule has 3 rings (SSSR count). The minimum Gasteiger partial charge on any atom is -0.399 e. The Bertz CT molecular complexity index is 532. The molecule has 0 radical (unpaired) electrons. The molecule has 2 aromatic rings. The molecule has 2 aromatic carbocycles. The standard InChI is InChI=1S/C13H12N2/c14-8-5-6-10-9-3-1-2-4-11(9)13(15)12(10)7-8/h1-7,13H,14-15H2/t13-/m1/s1. The van der Waals surface area contributed by atoms with E-state index in [-0.39, 0.29) is 6.04 Å². The number of nitrogens with two attached hydrogens (primary N) is 2. The van der Waals surface area contributed by atoms with Gasteiger partial charge >= 0.3 is 0 Å². The van der Waals surface area contributed by atoms with Crippen LogP contribution in [0, 0.1) is 0 Å². The van der Waals surface area contributed by atoms with Crippen LogP contribution in [0.4, 0.5) is 5.69 Å². The third kappa shape index (κ3) is 1.09. The van der Waals surface area contributed by atoms with Crippen LogP contribution in [0.25, 0.3) is 11.1 Å². The summed E-state index contributed by atoms with van der Waals surface area (Å²) in [6.45, 7) is 0. The molecule has 15 heavy (non-hydrogen) atoms. The van der Waals surface area contributed by atoms with E-state index in [4.69, 9.17) is 11.5 Å². The van der Waals surface area contributed by atoms with E-state index in [1.165, 1.54) is 16.7 Å². The summed E-state index contributed by atoms with van der Waals surface area (Å²) in [6.07, 6.45) is 0. The van der Waals surface area contributed by atoms with Crippen molar-refractivity contribution in [3.63, 3.8) is 0 Å². The van der Waals surface area contributed by atoms with E-state index in [1.807, 2.05) is 24.3 Å². The van der Waals surface area contributed by atoms with Crippen LogP contribution in [-0.4, -0.2) is 0 Å². The maximum Gasteiger partial charge on any atom is 0.0564 e. The summed E-state index contributed by atoms with van der Waals surface area (Å²) in [4.78, 5) is 0. The lowest BCUT2D eigenvalue weighted by Gasteiger charge is -2.06. The highest BCUT2D eigenvalue weighted by Crippen LogP contribution is 2.42. The Morgan fingerprint density at radius 3 is 2.47 bits per heavy atom. The van der Waals surface area contributed by atoms with Gasteiger partial charge in [-0.15, -0.1) is 0 Å². The number of hydrogen-bond acceptors (Lipinski definition) is 2. The van der Waals surface area contributed by atoms with E-state index < -0.39 is 0 Å². The molecule has 0 saturated heterocycles. The summed E-state index contributed by atoms with van der Waals surface area (Å²) in [7, 11) is 0. The third-order valence-corrected chi connectivity index (χ3v) is 3.00. The van der Waals surface area contributed by atoms with Gasteiger partial charge in [0.25, 0.3) is 0 Å². The maximum absolute atomic E-state index is 6.17. The van der Waals surface area contributed by atoms with Gasteiger partial charge in [0.2, 0.25) is 0 Å². The second kappa shape index (κ2) is 2.84. The Labute approximate surface area is 88.5 Å². The van der Waals surface area contributed by atoms with E-state index in [1.54, 1.807) is 0 Å². The molecule has 0 fully saturated rings. The predicted molar refractivity (Wildman–Crippen MR) is 62.3 cm³/mol. The molecular formula is C13H12N2. The van der Waals surface area contributed by atoms with Gasteiger partial charge in [-0.1, -0.05) is 30.3 Å². The number of hydrogen-bond donors (Lipinski definition) is 2. The van der Waals surface area contributed by atoms with Crippen molar-refractivity contribution in [2.75, 3.05) is 5.73 Å². The van der Waals surface area contributed by atoms with Gasteiger partial charge in [-0.05, 0) is 34.4 Å². The lowest BCUT2D eigenvalue weighted by atomic mass is 10.1. The summed E-state index contributed by atoms with van der Waals surface area (Å²) in [5, 5.41) is 0. The molecule has 0 aliphatic heterocycles. The predicted octanol–water partition coefficient (Wildman–Crippen LogP) is 2.30. The molecule has 0 bridgehead atoms. The number of fused-ring (bicyclic) bond motifs is 3. The van der Waals surface area contributed by atoms with Gasteiger partial charge in [-0.25, -0.2) is 0 Å². The monoisotopic (exact) mass is 196 g/mol. The molecule has 0 heterocycles. The van der Waals surface area contributed by atoms with Crippen LogP contribution in [0.1, 0.15) is 17.2 Å². The summed E-state index contributed by atoms with van der Waals surface area (Å²) in [5.41, 5.74) is 17.5. The second-order valence-electron chi connectivity index (χ2n) is 3.91. The van der Waals surface area contributed by atoms with Gasteiger partial charge in [0, 0.05) is 5.69 Å². The van der Waals surface area contributed by atoms with Crippen LogP contribution < -0.4 is 11.5 Å². The van der Waals surface area contributed by atoms with Crippen molar-refractivity contribution in [1.82, 2.24) is 0 Å². The van der Waals surface area contributed by atoms with Gasteiger partial charge in [0.1, 0.15) is 0 Å². The molecule has 2 nitrogen and oxygen atoms in total. The maximum atomic E-state index is 6.17. The fourth-order valence-electron chi connectivity index (χ4n) is 2.26. The van der Waals surface area contributed by atoms with Gasteiger partial charge in [-0.3, -0.25) is 0 Å². The first-order valence-electron chi connectivity index (χ1n) is 5.01. The van der Waals surface area contributed by atoms with Crippen LogP contribution in [0.15, 0.2) is 42.5 Å². The zero-order valence-electron chi connectivity index (χ0n) is 8.27. The van der Waals surface area contributed by atoms with E-state index in [9.17, 15) is 0 Å². The molecule has 0 aromatic heterocycles. The van der Waals surface area contributed by atoms with Crippen molar-refractivity contribution in [2.45, 2.75) is 6.04 Å². The average molecular weight is 196 g/mol. The van der Waals surface area contributed by atoms with E-state index in [2.05, 4.69) is 18.2 Å². The summed E-state index contributed by atoms with van der Waals surface area (Å²) >= 11 is 0. The Morgan fingerprint density at radius 2 is 1.60 bits per heavy atom. The first-order valence-corrected chi connectivity index (χ1v) is 5.01. The largest absolute Gasteiger partial charge is 0.399 e. The molecule has 74 valence electrons. The normalized spacial score (nSPS) is 17.3. The van der Waals surface area contributed by atoms with Crippen LogP contribution >= 0.6 is 0 Å². The minimum atomic E-state index is -0.0281. The van der Waals surface area contributed by atoms with Gasteiger partial charge in [0.15, 0.2) is 0 Å². The Kier molecular flexibility index (Phi) is 1.61. The Hall–Kier alpha value is -1.80. The molecular weight excluding hydrogens is 184 g/mol. The molecule has 4 N–H and O–H groups in total. The fraction of sp³-hybridized carbons (Fsp3) is 0.0769. The SMILES string of the molecule is Nc1ccc2c(c1)[C@H](N)c1ccccc1-2. The number of benzene rings is 2. The highest BCUT2D eigenvalue weighted by Gasteiger charge is 2.24. The van der Waals surface area contributed by atoms with Crippen molar-refractivity contribution >= 4 is 5.69 Å². The smallest absolute Gasteiger partial charge is 0.0564 e. The van der Waals surface area contributed by atoms with Crippen LogP contribution in [0.5, 0.6) is 0 Å². The second-order valence-corrected chi connectivity index (χ2v) is 3.91. The van der Waals surface area contributed by atoms with Crippen molar-refractivity contribution in [3.05, 3.63) is 53.6 Å². The first kappa shape index (κ1) is 8.50. The molecule has 1 aliphatic carbocycles. The lowest BCUT2D eigenvalue weighted by Crippen LogP contribution is -2.08. The lowest BCUT2D eigenvalue weighted by molar-refractivity contribution is 0.901. The minimum absolute atomic E-state index is 0.0281. The average Bonchev–Trinajstić information content (AvgIpc) is 2.54. The number of nitrogen functional groups attached to an aromatic ring is 1. The van der Waals surface area contributed by atoms with Gasteiger partial charge in [0.05, 0.1) is 6.04 Å². The molecule has 0 spiro atoms. The van der Waals surface area contributed by atoms with E-state index in [0.717, 1.165) is 11.3 Å². The topological polar surface area (TPSA) is 52.0 Å². The molecule has 0 unspecified atom stereocenters. The third-order valence-electron chi connectivity index (χ3n) is 3.00. The van der Waals surface area contributed by atoms with E-state index >= 15 is 0 Å². The van der Waals surface area contributed by atoms with Crippen LogP contribution in [0.3, 0.4) is 0 Å². The van der Waals surface area contributed by atoms with E-state index in [0.29, 0.717) is 0 Å². The van der Waals surface area contributed by atoms with Crippen LogP contribution in [0.2, 0.25) is 0 Å². The molecule has 0 amide bonds. The Balaban J connectivity index is 2.32. The van der Waals surface area contributed by atoms with Gasteiger partial charge < -0.3 is 11.5 Å². The quantitative estimate of drug-likeness (QED) is 0.635. The highest BCUT2D eigenvalue weighted by atomic mass is 14.7. The van der Waals surface area contributed by atoms with Crippen molar-refractivity contribution < 1.29 is 0 Å². The van der Waals surface area contributed by atoms with Crippen LogP contribution in [-0.2, 0) is 0 Å².